The van der Waals surface area contributed by atoms with E-state index in [1.165, 1.54) is 31.2 Å². The largest absolute Gasteiger partial charge is 0.368 e. The third kappa shape index (κ3) is 2.89. The number of aromatic nitrogens is 4. The highest BCUT2D eigenvalue weighted by atomic mass is 15.3. The standard InChI is InChI=1S/C19H21N5/c1-2-7-16(8-3-1)19(9-4-5-10-19)15-21-17-13-20-14-18(23-17)24-12-6-11-22-24/h1-3,6-8,11-14H,4-5,9-10,15H2,(H,21,23). The number of nitrogens with one attached hydrogen (secondary N) is 1. The molecule has 1 aliphatic carbocycles. The van der Waals surface area contributed by atoms with Gasteiger partial charge in [-0.15, -0.1) is 0 Å². The summed E-state index contributed by atoms with van der Waals surface area (Å²) >= 11 is 0. The number of benzene rings is 1. The van der Waals surface area contributed by atoms with Gasteiger partial charge >= 0.3 is 0 Å². The highest BCUT2D eigenvalue weighted by molar-refractivity contribution is 5.38. The van der Waals surface area contributed by atoms with Crippen molar-refractivity contribution in [3.05, 3.63) is 66.7 Å². The van der Waals surface area contributed by atoms with E-state index in [0.29, 0.717) is 0 Å². The van der Waals surface area contributed by atoms with Crippen molar-refractivity contribution in [3.63, 3.8) is 0 Å². The van der Waals surface area contributed by atoms with Crippen LogP contribution in [0.1, 0.15) is 31.2 Å². The van der Waals surface area contributed by atoms with Crippen molar-refractivity contribution >= 4 is 5.82 Å². The zero-order valence-corrected chi connectivity index (χ0v) is 13.6. The van der Waals surface area contributed by atoms with Gasteiger partial charge in [-0.2, -0.15) is 5.10 Å². The van der Waals surface area contributed by atoms with Gasteiger partial charge in [0.15, 0.2) is 5.82 Å². The van der Waals surface area contributed by atoms with Gasteiger partial charge in [0.05, 0.1) is 12.4 Å². The molecule has 0 spiro atoms. The maximum Gasteiger partial charge on any atom is 0.173 e. The Bertz CT molecular complexity index is 777. The molecule has 0 atom stereocenters. The Morgan fingerprint density at radius 1 is 1.04 bits per heavy atom. The summed E-state index contributed by atoms with van der Waals surface area (Å²) in [4.78, 5) is 8.92. The van der Waals surface area contributed by atoms with Gasteiger partial charge in [0.2, 0.25) is 0 Å². The van der Waals surface area contributed by atoms with Crippen LogP contribution in [0.25, 0.3) is 5.82 Å². The van der Waals surface area contributed by atoms with Gasteiger partial charge in [0.1, 0.15) is 5.82 Å². The zero-order valence-electron chi connectivity index (χ0n) is 13.6. The highest BCUT2D eigenvalue weighted by Crippen LogP contribution is 2.41. The number of hydrogen-bond donors (Lipinski definition) is 1. The third-order valence-electron chi connectivity index (χ3n) is 4.92. The van der Waals surface area contributed by atoms with Crippen LogP contribution in [0.3, 0.4) is 0 Å². The Morgan fingerprint density at radius 2 is 1.88 bits per heavy atom. The van der Waals surface area contributed by atoms with Crippen molar-refractivity contribution in [2.24, 2.45) is 0 Å². The van der Waals surface area contributed by atoms with Gasteiger partial charge < -0.3 is 5.32 Å². The molecule has 0 aliphatic heterocycles. The van der Waals surface area contributed by atoms with Crippen molar-refractivity contribution in [1.29, 1.82) is 0 Å². The van der Waals surface area contributed by atoms with Crippen LogP contribution in [0, 0.1) is 0 Å². The molecule has 0 unspecified atom stereocenters. The molecule has 24 heavy (non-hydrogen) atoms. The third-order valence-corrected chi connectivity index (χ3v) is 4.92. The molecule has 5 heteroatoms. The maximum absolute atomic E-state index is 4.63. The fourth-order valence-electron chi connectivity index (χ4n) is 3.63. The van der Waals surface area contributed by atoms with Crippen LogP contribution in [0.4, 0.5) is 5.82 Å². The SMILES string of the molecule is c1ccc(C2(CNc3cncc(-n4cccn4)n3)CCCC2)cc1. The summed E-state index contributed by atoms with van der Waals surface area (Å²) < 4.78 is 1.72. The van der Waals surface area contributed by atoms with E-state index in [4.69, 9.17) is 0 Å². The summed E-state index contributed by atoms with van der Waals surface area (Å²) in [5.41, 5.74) is 1.62. The minimum absolute atomic E-state index is 0.199. The molecule has 0 radical (unpaired) electrons. The molecule has 0 amide bonds. The average molecular weight is 319 g/mol. The van der Waals surface area contributed by atoms with E-state index in [1.807, 2.05) is 12.3 Å². The van der Waals surface area contributed by atoms with Gasteiger partial charge in [-0.1, -0.05) is 43.2 Å². The average Bonchev–Trinajstić information content (AvgIpc) is 3.34. The number of hydrogen-bond acceptors (Lipinski definition) is 4. The molecule has 4 rings (SSSR count). The van der Waals surface area contributed by atoms with Crippen LogP contribution in [0.15, 0.2) is 61.2 Å². The Balaban J connectivity index is 1.54. The van der Waals surface area contributed by atoms with Crippen molar-refractivity contribution in [3.8, 4) is 5.82 Å². The second-order valence-corrected chi connectivity index (χ2v) is 6.42. The second kappa shape index (κ2) is 6.43. The van der Waals surface area contributed by atoms with E-state index < -0.39 is 0 Å². The van der Waals surface area contributed by atoms with Gasteiger partial charge in [0, 0.05) is 24.4 Å². The predicted octanol–water partition coefficient (Wildman–Crippen LogP) is 3.59. The summed E-state index contributed by atoms with van der Waals surface area (Å²) in [6.45, 7) is 0.883. The molecule has 0 saturated heterocycles. The monoisotopic (exact) mass is 319 g/mol. The molecule has 1 aliphatic rings. The van der Waals surface area contributed by atoms with E-state index in [2.05, 4.69) is 50.7 Å². The van der Waals surface area contributed by atoms with E-state index in [-0.39, 0.29) is 5.41 Å². The first-order valence-electron chi connectivity index (χ1n) is 8.47. The zero-order chi connectivity index (χ0) is 16.2. The predicted molar refractivity (Wildman–Crippen MR) is 94.2 cm³/mol. The second-order valence-electron chi connectivity index (χ2n) is 6.42. The van der Waals surface area contributed by atoms with Crippen LogP contribution in [-0.2, 0) is 5.41 Å². The molecular weight excluding hydrogens is 298 g/mol. The Hall–Kier alpha value is -2.69. The highest BCUT2D eigenvalue weighted by Gasteiger charge is 2.35. The lowest BCUT2D eigenvalue weighted by Crippen LogP contribution is -2.31. The summed E-state index contributed by atoms with van der Waals surface area (Å²) in [7, 11) is 0. The van der Waals surface area contributed by atoms with E-state index in [1.54, 1.807) is 23.3 Å². The van der Waals surface area contributed by atoms with Crippen molar-refractivity contribution in [2.75, 3.05) is 11.9 Å². The normalized spacial score (nSPS) is 16.2. The first-order chi connectivity index (χ1) is 11.9. The van der Waals surface area contributed by atoms with Gasteiger partial charge in [-0.25, -0.2) is 9.67 Å². The maximum atomic E-state index is 4.63. The molecule has 122 valence electrons. The quantitative estimate of drug-likeness (QED) is 0.781. The first-order valence-corrected chi connectivity index (χ1v) is 8.47. The number of nitrogens with zero attached hydrogens (tertiary/aromatic N) is 4. The van der Waals surface area contributed by atoms with Crippen LogP contribution < -0.4 is 5.32 Å². The molecule has 2 aromatic heterocycles. The minimum Gasteiger partial charge on any atom is -0.368 e. The van der Waals surface area contributed by atoms with E-state index >= 15 is 0 Å². The van der Waals surface area contributed by atoms with Crippen molar-refractivity contribution in [2.45, 2.75) is 31.1 Å². The molecule has 0 bridgehead atoms. The number of rotatable bonds is 5. The van der Waals surface area contributed by atoms with E-state index in [9.17, 15) is 0 Å². The molecular formula is C19H21N5. The fraction of sp³-hybridized carbons (Fsp3) is 0.316. The van der Waals surface area contributed by atoms with Crippen molar-refractivity contribution < 1.29 is 0 Å². The molecule has 3 aromatic rings. The smallest absolute Gasteiger partial charge is 0.173 e. The van der Waals surface area contributed by atoms with E-state index in [0.717, 1.165) is 18.2 Å². The molecule has 2 heterocycles. The molecule has 1 saturated carbocycles. The van der Waals surface area contributed by atoms with Crippen LogP contribution >= 0.6 is 0 Å². The molecule has 5 nitrogen and oxygen atoms in total. The summed E-state index contributed by atoms with van der Waals surface area (Å²) in [5.74, 6) is 1.52. The fourth-order valence-corrected chi connectivity index (χ4v) is 3.63. The summed E-state index contributed by atoms with van der Waals surface area (Å²) in [6, 6.07) is 12.7. The lowest BCUT2D eigenvalue weighted by molar-refractivity contribution is 0.466. The molecule has 1 N–H and O–H groups in total. The lowest BCUT2D eigenvalue weighted by atomic mass is 9.79. The number of anilines is 1. The van der Waals surface area contributed by atoms with Crippen LogP contribution in [-0.4, -0.2) is 26.3 Å². The summed E-state index contributed by atoms with van der Waals surface area (Å²) in [6.07, 6.45) is 12.1. The first kappa shape index (κ1) is 14.9. The summed E-state index contributed by atoms with van der Waals surface area (Å²) in [5, 5.41) is 7.73. The molecule has 1 fully saturated rings. The Labute approximate surface area is 141 Å². The van der Waals surface area contributed by atoms with Gasteiger partial charge in [-0.05, 0) is 24.5 Å². The van der Waals surface area contributed by atoms with Gasteiger partial charge in [-0.3, -0.25) is 4.98 Å². The van der Waals surface area contributed by atoms with Crippen LogP contribution in [0.5, 0.6) is 0 Å². The minimum atomic E-state index is 0.199. The Morgan fingerprint density at radius 3 is 2.62 bits per heavy atom. The topological polar surface area (TPSA) is 55.6 Å². The Kier molecular flexibility index (Phi) is 3.99. The van der Waals surface area contributed by atoms with Crippen LogP contribution in [0.2, 0.25) is 0 Å². The lowest BCUT2D eigenvalue weighted by Gasteiger charge is -2.30. The van der Waals surface area contributed by atoms with Gasteiger partial charge in [0.25, 0.3) is 0 Å². The molecule has 1 aromatic carbocycles. The van der Waals surface area contributed by atoms with Crippen molar-refractivity contribution in [1.82, 2.24) is 19.7 Å².